The number of para-hydroxylation sites is 1. The van der Waals surface area contributed by atoms with Crippen LogP contribution in [0, 0.1) is 0 Å². The molecule has 2 aliphatic heterocycles. The smallest absolute Gasteiger partial charge is 0.131 e. The summed E-state index contributed by atoms with van der Waals surface area (Å²) in [6.07, 6.45) is 9.58. The molecule has 68 valence electrons. The molecule has 0 N–H and O–H groups in total. The van der Waals surface area contributed by atoms with Gasteiger partial charge in [0.15, 0.2) is 0 Å². The number of rotatable bonds is 0. The van der Waals surface area contributed by atoms with Crippen molar-refractivity contribution in [3.63, 3.8) is 0 Å². The summed E-state index contributed by atoms with van der Waals surface area (Å²) in [5, 5.41) is 0. The standard InChI is InChI=1S/C12H9NO/c1-2-4-11-10(3-1)12(6-8-14-11)5-7-13-9-12/h1-9H. The minimum atomic E-state index is -0.172. The summed E-state index contributed by atoms with van der Waals surface area (Å²) >= 11 is 0. The lowest BCUT2D eigenvalue weighted by atomic mass is 9.81. The van der Waals surface area contributed by atoms with Crippen molar-refractivity contribution >= 4 is 6.21 Å². The Morgan fingerprint density at radius 1 is 1.14 bits per heavy atom. The Bertz CT molecular complexity index is 445. The van der Waals surface area contributed by atoms with Crippen LogP contribution in [0.15, 0.2) is 53.9 Å². The zero-order chi connectivity index (χ0) is 9.43. The summed E-state index contributed by atoms with van der Waals surface area (Å²) in [6, 6.07) is 8.03. The van der Waals surface area contributed by atoms with Crippen LogP contribution in [0.1, 0.15) is 5.56 Å². The van der Waals surface area contributed by atoms with Crippen molar-refractivity contribution in [1.82, 2.24) is 0 Å². The van der Waals surface area contributed by atoms with E-state index in [1.807, 2.05) is 36.7 Å². The fourth-order valence-electron chi connectivity index (χ4n) is 1.87. The molecule has 2 nitrogen and oxygen atoms in total. The van der Waals surface area contributed by atoms with E-state index in [2.05, 4.69) is 17.1 Å². The van der Waals surface area contributed by atoms with E-state index in [4.69, 9.17) is 4.74 Å². The molecule has 1 spiro atoms. The van der Waals surface area contributed by atoms with Crippen LogP contribution in [0.2, 0.25) is 0 Å². The molecule has 1 unspecified atom stereocenters. The van der Waals surface area contributed by atoms with Crippen LogP contribution in [0.25, 0.3) is 0 Å². The van der Waals surface area contributed by atoms with E-state index in [1.165, 1.54) is 0 Å². The maximum absolute atomic E-state index is 5.43. The van der Waals surface area contributed by atoms with Gasteiger partial charge in [-0.25, -0.2) is 0 Å². The van der Waals surface area contributed by atoms with E-state index >= 15 is 0 Å². The van der Waals surface area contributed by atoms with Gasteiger partial charge in [0.05, 0.1) is 11.7 Å². The van der Waals surface area contributed by atoms with E-state index in [-0.39, 0.29) is 5.41 Å². The van der Waals surface area contributed by atoms with Crippen LogP contribution >= 0.6 is 0 Å². The average Bonchev–Trinajstić information content (AvgIpc) is 2.68. The first-order chi connectivity index (χ1) is 6.91. The molecular formula is C12H9NO. The molecule has 2 heteroatoms. The maximum Gasteiger partial charge on any atom is 0.131 e. The number of allylic oxidation sites excluding steroid dienone is 2. The predicted octanol–water partition coefficient (Wildman–Crippen LogP) is 2.43. The van der Waals surface area contributed by atoms with Gasteiger partial charge >= 0.3 is 0 Å². The van der Waals surface area contributed by atoms with Crippen LogP contribution in [-0.2, 0) is 5.41 Å². The number of ether oxygens (including phenoxy) is 1. The molecule has 0 fully saturated rings. The average molecular weight is 183 g/mol. The normalized spacial score (nSPS) is 26.6. The Balaban J connectivity index is 2.25. The lowest BCUT2D eigenvalue weighted by molar-refractivity contribution is 0.454. The van der Waals surface area contributed by atoms with Gasteiger partial charge in [0, 0.05) is 18.0 Å². The molecule has 2 aliphatic rings. The highest BCUT2D eigenvalue weighted by Gasteiger charge is 2.32. The van der Waals surface area contributed by atoms with Crippen molar-refractivity contribution in [3.05, 3.63) is 54.4 Å². The monoisotopic (exact) mass is 183 g/mol. The Kier molecular flexibility index (Phi) is 1.39. The summed E-state index contributed by atoms with van der Waals surface area (Å²) in [4.78, 5) is 4.15. The van der Waals surface area contributed by atoms with E-state index < -0.39 is 0 Å². The number of benzene rings is 1. The SMILES string of the molecule is C1=CC2(C=COc3ccccc32)C=N1. The quantitative estimate of drug-likeness (QED) is 0.605. The molecule has 0 amide bonds. The molecule has 0 saturated carbocycles. The zero-order valence-electron chi connectivity index (χ0n) is 7.55. The highest BCUT2D eigenvalue weighted by molar-refractivity contribution is 5.84. The molecule has 1 aromatic carbocycles. The third-order valence-corrected chi connectivity index (χ3v) is 2.62. The largest absolute Gasteiger partial charge is 0.465 e. The lowest BCUT2D eigenvalue weighted by Gasteiger charge is -2.26. The van der Waals surface area contributed by atoms with Crippen molar-refractivity contribution in [3.8, 4) is 5.75 Å². The maximum atomic E-state index is 5.43. The van der Waals surface area contributed by atoms with Gasteiger partial charge in [0.1, 0.15) is 5.75 Å². The highest BCUT2D eigenvalue weighted by atomic mass is 16.5. The molecule has 3 rings (SSSR count). The highest BCUT2D eigenvalue weighted by Crippen LogP contribution is 2.38. The molecule has 2 heterocycles. The fraction of sp³-hybridized carbons (Fsp3) is 0.0833. The molecule has 0 aromatic heterocycles. The Labute approximate surface area is 82.2 Å². The van der Waals surface area contributed by atoms with Crippen molar-refractivity contribution in [1.29, 1.82) is 0 Å². The number of hydrogen-bond donors (Lipinski definition) is 0. The summed E-state index contributed by atoms with van der Waals surface area (Å²) in [7, 11) is 0. The van der Waals surface area contributed by atoms with Crippen molar-refractivity contribution in [2.45, 2.75) is 5.41 Å². The summed E-state index contributed by atoms with van der Waals surface area (Å²) in [5.74, 6) is 0.910. The lowest BCUT2D eigenvalue weighted by Crippen LogP contribution is -2.24. The fourth-order valence-corrected chi connectivity index (χ4v) is 1.87. The first-order valence-electron chi connectivity index (χ1n) is 4.57. The second-order valence-electron chi connectivity index (χ2n) is 3.44. The van der Waals surface area contributed by atoms with Crippen LogP contribution in [0.3, 0.4) is 0 Å². The second kappa shape index (κ2) is 2.58. The summed E-state index contributed by atoms with van der Waals surface area (Å²) < 4.78 is 5.43. The minimum absolute atomic E-state index is 0.172. The molecule has 0 aliphatic carbocycles. The van der Waals surface area contributed by atoms with Gasteiger partial charge in [-0.2, -0.15) is 0 Å². The van der Waals surface area contributed by atoms with Gasteiger partial charge in [0.2, 0.25) is 0 Å². The number of hydrogen-bond acceptors (Lipinski definition) is 2. The first-order valence-corrected chi connectivity index (χ1v) is 4.57. The van der Waals surface area contributed by atoms with Gasteiger partial charge < -0.3 is 4.74 Å². The molecule has 0 bridgehead atoms. The van der Waals surface area contributed by atoms with Gasteiger partial charge in [-0.05, 0) is 18.2 Å². The molecule has 0 radical (unpaired) electrons. The van der Waals surface area contributed by atoms with Crippen LogP contribution in [0.4, 0.5) is 0 Å². The van der Waals surface area contributed by atoms with Gasteiger partial charge in [-0.1, -0.05) is 18.2 Å². The van der Waals surface area contributed by atoms with E-state index in [9.17, 15) is 0 Å². The number of nitrogens with zero attached hydrogens (tertiary/aromatic N) is 1. The first kappa shape index (κ1) is 7.56. The summed E-state index contributed by atoms with van der Waals surface area (Å²) in [5.41, 5.74) is 0.981. The molecule has 14 heavy (non-hydrogen) atoms. The van der Waals surface area contributed by atoms with Crippen molar-refractivity contribution in [2.24, 2.45) is 4.99 Å². The number of aliphatic imine (C=N–C) groups is 1. The Morgan fingerprint density at radius 3 is 2.93 bits per heavy atom. The van der Waals surface area contributed by atoms with E-state index in [0.29, 0.717) is 0 Å². The molecular weight excluding hydrogens is 174 g/mol. The van der Waals surface area contributed by atoms with Crippen LogP contribution < -0.4 is 4.74 Å². The predicted molar refractivity (Wildman–Crippen MR) is 55.5 cm³/mol. The van der Waals surface area contributed by atoms with E-state index in [1.54, 1.807) is 6.26 Å². The van der Waals surface area contributed by atoms with Crippen LogP contribution in [0.5, 0.6) is 5.75 Å². The van der Waals surface area contributed by atoms with Gasteiger partial charge in [-0.3, -0.25) is 4.99 Å². The molecule has 0 saturated heterocycles. The topological polar surface area (TPSA) is 21.6 Å². The zero-order valence-corrected chi connectivity index (χ0v) is 7.55. The van der Waals surface area contributed by atoms with Crippen LogP contribution in [-0.4, -0.2) is 6.21 Å². The Morgan fingerprint density at radius 2 is 2.07 bits per heavy atom. The van der Waals surface area contributed by atoms with Crippen molar-refractivity contribution < 1.29 is 4.74 Å². The third-order valence-electron chi connectivity index (χ3n) is 2.62. The summed E-state index contributed by atoms with van der Waals surface area (Å²) in [6.45, 7) is 0. The van der Waals surface area contributed by atoms with Gasteiger partial charge in [-0.15, -0.1) is 0 Å². The minimum Gasteiger partial charge on any atom is -0.465 e. The number of fused-ring (bicyclic) bond motifs is 2. The second-order valence-corrected chi connectivity index (χ2v) is 3.44. The van der Waals surface area contributed by atoms with Gasteiger partial charge in [0.25, 0.3) is 0 Å². The molecule has 1 atom stereocenters. The van der Waals surface area contributed by atoms with E-state index in [0.717, 1.165) is 11.3 Å². The molecule has 1 aromatic rings. The van der Waals surface area contributed by atoms with Crippen molar-refractivity contribution in [2.75, 3.05) is 0 Å². The third kappa shape index (κ3) is 0.880. The Hall–Kier alpha value is -1.83.